The summed E-state index contributed by atoms with van der Waals surface area (Å²) >= 11 is 1.74. The number of esters is 1. The van der Waals surface area contributed by atoms with Gasteiger partial charge in [-0.25, -0.2) is 9.78 Å². The van der Waals surface area contributed by atoms with Crippen LogP contribution >= 0.6 is 11.3 Å². The summed E-state index contributed by atoms with van der Waals surface area (Å²) in [5.74, 6) is 0.925. The summed E-state index contributed by atoms with van der Waals surface area (Å²) in [5.41, 5.74) is 0.477. The van der Waals surface area contributed by atoms with Crippen LogP contribution in [0.2, 0.25) is 0 Å². The van der Waals surface area contributed by atoms with E-state index < -0.39 is 0 Å². The van der Waals surface area contributed by atoms with E-state index in [4.69, 9.17) is 14.2 Å². The monoisotopic (exact) mass is 373 g/mol. The topological polar surface area (TPSA) is 57.7 Å². The van der Waals surface area contributed by atoms with Crippen molar-refractivity contribution in [3.8, 4) is 5.75 Å². The lowest BCUT2D eigenvalue weighted by Crippen LogP contribution is -2.23. The van der Waals surface area contributed by atoms with Crippen LogP contribution in [-0.2, 0) is 9.47 Å². The first-order valence-corrected chi connectivity index (χ1v) is 9.98. The van der Waals surface area contributed by atoms with Crippen LogP contribution in [0.4, 0.5) is 0 Å². The van der Waals surface area contributed by atoms with E-state index >= 15 is 0 Å². The van der Waals surface area contributed by atoms with Gasteiger partial charge in [0.1, 0.15) is 16.9 Å². The highest BCUT2D eigenvalue weighted by Crippen LogP contribution is 2.41. The fraction of sp³-hybridized carbons (Fsp3) is 0.500. The number of hydrogen-bond acceptors (Lipinski definition) is 6. The Morgan fingerprint density at radius 3 is 2.88 bits per heavy atom. The number of methoxy groups -OCH3 is 1. The predicted octanol–water partition coefficient (Wildman–Crippen LogP) is 4.50. The second kappa shape index (κ2) is 7.76. The Balaban J connectivity index is 1.57. The van der Waals surface area contributed by atoms with Gasteiger partial charge < -0.3 is 14.2 Å². The molecule has 0 amide bonds. The predicted molar refractivity (Wildman–Crippen MR) is 98.8 cm³/mol. The number of ether oxygens (including phenoxy) is 3. The minimum Gasteiger partial charge on any atom is -0.480 e. The first-order valence-electron chi connectivity index (χ1n) is 9.17. The van der Waals surface area contributed by atoms with Gasteiger partial charge in [0.15, 0.2) is 6.10 Å². The largest absolute Gasteiger partial charge is 0.480 e. The lowest BCUT2D eigenvalue weighted by molar-refractivity contribution is 0.0111. The summed E-state index contributed by atoms with van der Waals surface area (Å²) < 4.78 is 17.0. The first-order chi connectivity index (χ1) is 12.7. The Morgan fingerprint density at radius 1 is 1.31 bits per heavy atom. The molecule has 1 saturated heterocycles. The van der Waals surface area contributed by atoms with Crippen molar-refractivity contribution in [2.75, 3.05) is 13.7 Å². The molecule has 5 nitrogen and oxygen atoms in total. The third kappa shape index (κ3) is 3.62. The molecule has 26 heavy (non-hydrogen) atoms. The van der Waals surface area contributed by atoms with Gasteiger partial charge in [-0.3, -0.25) is 0 Å². The molecule has 2 heterocycles. The molecule has 1 unspecified atom stereocenters. The molecule has 0 spiro atoms. The number of rotatable bonds is 6. The quantitative estimate of drug-likeness (QED) is 0.698. The molecule has 2 fully saturated rings. The summed E-state index contributed by atoms with van der Waals surface area (Å²) in [7, 11) is 1.38. The van der Waals surface area contributed by atoms with Crippen LogP contribution in [0, 0.1) is 0 Å². The number of benzene rings is 1. The maximum Gasteiger partial charge on any atom is 0.337 e. The van der Waals surface area contributed by atoms with Gasteiger partial charge in [-0.2, -0.15) is 0 Å². The van der Waals surface area contributed by atoms with Crippen LogP contribution in [0.25, 0.3) is 0 Å². The van der Waals surface area contributed by atoms with E-state index in [0.717, 1.165) is 24.5 Å². The number of hydrogen-bond donors (Lipinski definition) is 0. The third-order valence-electron chi connectivity index (χ3n) is 5.11. The number of carbonyl (C=O) groups is 1. The maximum atomic E-state index is 11.8. The number of aromatic nitrogens is 1. The number of thiazole rings is 1. The number of nitrogens with zero attached hydrogens (tertiary/aromatic N) is 1. The van der Waals surface area contributed by atoms with Gasteiger partial charge in [-0.05, 0) is 49.8 Å². The SMILES string of the molecule is COC(=O)c1cccc(OC(c2ncc(C3CCC3)s2)[C@@H]2CCCO2)c1. The third-order valence-corrected chi connectivity index (χ3v) is 6.33. The first kappa shape index (κ1) is 17.5. The highest BCUT2D eigenvalue weighted by molar-refractivity contribution is 7.11. The summed E-state index contributed by atoms with van der Waals surface area (Å²) in [6.45, 7) is 0.758. The van der Waals surface area contributed by atoms with Crippen molar-refractivity contribution in [2.45, 2.75) is 50.2 Å². The summed E-state index contributed by atoms with van der Waals surface area (Å²) in [6.07, 6.45) is 7.57. The van der Waals surface area contributed by atoms with Crippen LogP contribution < -0.4 is 4.74 Å². The van der Waals surface area contributed by atoms with Crippen LogP contribution in [-0.4, -0.2) is 30.8 Å². The highest BCUT2D eigenvalue weighted by Gasteiger charge is 2.33. The van der Waals surface area contributed by atoms with Crippen molar-refractivity contribution in [3.05, 3.63) is 45.9 Å². The Labute approximate surface area is 157 Å². The van der Waals surface area contributed by atoms with Gasteiger partial charge in [-0.1, -0.05) is 12.5 Å². The Kier molecular flexibility index (Phi) is 5.22. The van der Waals surface area contributed by atoms with Crippen molar-refractivity contribution in [2.24, 2.45) is 0 Å². The molecule has 2 aromatic rings. The van der Waals surface area contributed by atoms with E-state index in [2.05, 4.69) is 4.98 Å². The summed E-state index contributed by atoms with van der Waals surface area (Å²) in [4.78, 5) is 17.8. The Morgan fingerprint density at radius 2 is 2.19 bits per heavy atom. The second-order valence-corrected chi connectivity index (χ2v) is 7.93. The average Bonchev–Trinajstić information content (AvgIpc) is 3.30. The van der Waals surface area contributed by atoms with Gasteiger partial charge >= 0.3 is 5.97 Å². The fourth-order valence-corrected chi connectivity index (χ4v) is 4.57. The van der Waals surface area contributed by atoms with Crippen LogP contribution in [0.5, 0.6) is 5.75 Å². The van der Waals surface area contributed by atoms with Gasteiger partial charge in [0.2, 0.25) is 0 Å². The molecule has 138 valence electrons. The van der Waals surface area contributed by atoms with Crippen molar-refractivity contribution in [1.29, 1.82) is 0 Å². The smallest absolute Gasteiger partial charge is 0.337 e. The van der Waals surface area contributed by atoms with Crippen LogP contribution in [0.15, 0.2) is 30.5 Å². The molecule has 2 aliphatic rings. The second-order valence-electron chi connectivity index (χ2n) is 6.84. The van der Waals surface area contributed by atoms with E-state index in [1.807, 2.05) is 12.3 Å². The van der Waals surface area contributed by atoms with Gasteiger partial charge in [-0.15, -0.1) is 11.3 Å². The lowest BCUT2D eigenvalue weighted by atomic mass is 9.85. The molecule has 1 saturated carbocycles. The standard InChI is InChI=1S/C20H23NO4S/c1-23-20(22)14-7-3-8-15(11-14)25-18(16-9-4-10-24-16)19-21-12-17(26-19)13-5-2-6-13/h3,7-8,11-13,16,18H,2,4-6,9-10H2,1H3/t16-,18?/m0/s1. The highest BCUT2D eigenvalue weighted by atomic mass is 32.1. The molecular formula is C20H23NO4S. The van der Waals surface area contributed by atoms with E-state index in [-0.39, 0.29) is 18.2 Å². The summed E-state index contributed by atoms with van der Waals surface area (Å²) in [5, 5.41) is 0.960. The Hall–Kier alpha value is -1.92. The van der Waals surface area contributed by atoms with Crippen molar-refractivity contribution in [3.63, 3.8) is 0 Å². The Bertz CT molecular complexity index is 765. The molecule has 1 aromatic carbocycles. The molecule has 6 heteroatoms. The maximum absolute atomic E-state index is 11.8. The van der Waals surface area contributed by atoms with E-state index in [0.29, 0.717) is 17.2 Å². The molecule has 0 bridgehead atoms. The zero-order valence-corrected chi connectivity index (χ0v) is 15.7. The van der Waals surface area contributed by atoms with Crippen molar-refractivity contribution < 1.29 is 19.0 Å². The molecule has 1 aromatic heterocycles. The van der Waals surface area contributed by atoms with Crippen LogP contribution in [0.1, 0.15) is 64.4 Å². The van der Waals surface area contributed by atoms with Crippen LogP contribution in [0.3, 0.4) is 0 Å². The normalized spacial score (nSPS) is 21.2. The fourth-order valence-electron chi connectivity index (χ4n) is 3.40. The summed E-state index contributed by atoms with van der Waals surface area (Å²) in [6, 6.07) is 7.09. The van der Waals surface area contributed by atoms with E-state index in [1.165, 1.54) is 31.2 Å². The van der Waals surface area contributed by atoms with Crippen molar-refractivity contribution in [1.82, 2.24) is 4.98 Å². The molecular weight excluding hydrogens is 350 g/mol. The van der Waals surface area contributed by atoms with Gasteiger partial charge in [0.05, 0.1) is 12.7 Å². The molecule has 2 atom stereocenters. The molecule has 0 N–H and O–H groups in total. The van der Waals surface area contributed by atoms with Gasteiger partial charge in [0.25, 0.3) is 0 Å². The minimum atomic E-state index is -0.370. The average molecular weight is 373 g/mol. The lowest BCUT2D eigenvalue weighted by Gasteiger charge is -2.24. The molecule has 4 rings (SSSR count). The zero-order chi connectivity index (χ0) is 17.9. The van der Waals surface area contributed by atoms with E-state index in [1.54, 1.807) is 29.5 Å². The molecule has 1 aliphatic carbocycles. The zero-order valence-electron chi connectivity index (χ0n) is 14.8. The molecule has 1 aliphatic heterocycles. The van der Waals surface area contributed by atoms with Gasteiger partial charge in [0, 0.05) is 17.7 Å². The van der Waals surface area contributed by atoms with Crippen molar-refractivity contribution >= 4 is 17.3 Å². The van der Waals surface area contributed by atoms with E-state index in [9.17, 15) is 4.79 Å². The molecule has 0 radical (unpaired) electrons. The number of carbonyl (C=O) groups excluding carboxylic acids is 1. The minimum absolute atomic E-state index is 0.00262.